The molecule has 20 heavy (non-hydrogen) atoms. The minimum Gasteiger partial charge on any atom is -0.397 e. The third-order valence-electron chi connectivity index (χ3n) is 3.00. The van der Waals surface area contributed by atoms with Crippen molar-refractivity contribution in [1.82, 2.24) is 10.4 Å². The number of nitrogen functional groups attached to an aromatic ring is 2. The maximum Gasteiger partial charge on any atom is 0.277 e. The van der Waals surface area contributed by atoms with Crippen molar-refractivity contribution in [2.24, 2.45) is 5.84 Å². The van der Waals surface area contributed by atoms with Crippen LogP contribution in [0, 0.1) is 0 Å². The molecule has 0 radical (unpaired) electrons. The number of hydrazine groups is 1. The molecule has 0 unspecified atom stereocenters. The molecular weight excluding hydrogens is 272 g/mol. The Hall–Kier alpha value is -2.44. The molecular formula is C14H12N4OS. The zero-order valence-electron chi connectivity index (χ0n) is 10.5. The fraction of sp³-hybridized carbons (Fsp3) is 0. The monoisotopic (exact) mass is 284 g/mol. The van der Waals surface area contributed by atoms with E-state index in [1.54, 1.807) is 0 Å². The molecule has 0 saturated carbocycles. The first kappa shape index (κ1) is 12.6. The van der Waals surface area contributed by atoms with Gasteiger partial charge in [-0.15, -0.1) is 11.3 Å². The highest BCUT2D eigenvalue weighted by molar-refractivity contribution is 7.21. The molecule has 1 aromatic carbocycles. The minimum absolute atomic E-state index is 0.389. The van der Waals surface area contributed by atoms with E-state index in [0.29, 0.717) is 10.6 Å². The number of rotatable bonds is 2. The van der Waals surface area contributed by atoms with E-state index in [4.69, 9.17) is 11.6 Å². The van der Waals surface area contributed by atoms with Crippen molar-refractivity contribution in [3.05, 3.63) is 47.3 Å². The fourth-order valence-corrected chi connectivity index (χ4v) is 3.00. The average Bonchev–Trinajstić information content (AvgIpc) is 2.84. The van der Waals surface area contributed by atoms with Gasteiger partial charge >= 0.3 is 0 Å². The highest BCUT2D eigenvalue weighted by Gasteiger charge is 2.16. The van der Waals surface area contributed by atoms with Gasteiger partial charge in [-0.1, -0.05) is 30.3 Å². The largest absolute Gasteiger partial charge is 0.397 e. The number of fused-ring (bicyclic) bond motifs is 1. The van der Waals surface area contributed by atoms with E-state index in [-0.39, 0.29) is 0 Å². The van der Waals surface area contributed by atoms with Gasteiger partial charge in [0.05, 0.1) is 11.4 Å². The van der Waals surface area contributed by atoms with Gasteiger partial charge in [0.1, 0.15) is 9.71 Å². The summed E-state index contributed by atoms with van der Waals surface area (Å²) in [5.74, 6) is 4.75. The summed E-state index contributed by atoms with van der Waals surface area (Å²) < 4.78 is 0. The lowest BCUT2D eigenvalue weighted by Gasteiger charge is -2.00. The third kappa shape index (κ3) is 2.01. The van der Waals surface area contributed by atoms with E-state index in [2.05, 4.69) is 10.4 Å². The Morgan fingerprint density at radius 1 is 1.15 bits per heavy atom. The van der Waals surface area contributed by atoms with Crippen molar-refractivity contribution in [3.63, 3.8) is 0 Å². The Morgan fingerprint density at radius 2 is 1.90 bits per heavy atom. The summed E-state index contributed by atoms with van der Waals surface area (Å²) in [6.07, 6.45) is 0. The zero-order valence-corrected chi connectivity index (χ0v) is 11.3. The van der Waals surface area contributed by atoms with Crippen molar-refractivity contribution in [2.75, 3.05) is 5.73 Å². The summed E-state index contributed by atoms with van der Waals surface area (Å²) in [4.78, 5) is 17.3. The second kappa shape index (κ2) is 4.92. The summed E-state index contributed by atoms with van der Waals surface area (Å²) in [6.45, 7) is 0. The molecule has 3 rings (SSSR count). The fourth-order valence-electron chi connectivity index (χ4n) is 2.00. The van der Waals surface area contributed by atoms with E-state index in [1.807, 2.05) is 42.5 Å². The van der Waals surface area contributed by atoms with Crippen molar-refractivity contribution in [1.29, 1.82) is 0 Å². The lowest BCUT2D eigenvalue weighted by Crippen LogP contribution is -2.29. The van der Waals surface area contributed by atoms with Crippen LogP contribution in [-0.2, 0) is 0 Å². The molecule has 0 saturated heterocycles. The van der Waals surface area contributed by atoms with Crippen molar-refractivity contribution in [3.8, 4) is 11.3 Å². The highest BCUT2D eigenvalue weighted by Crippen LogP contribution is 2.33. The molecule has 2 aromatic heterocycles. The lowest BCUT2D eigenvalue weighted by molar-refractivity contribution is 0.0958. The van der Waals surface area contributed by atoms with Crippen LogP contribution in [0.4, 0.5) is 5.69 Å². The predicted molar refractivity (Wildman–Crippen MR) is 81.1 cm³/mol. The zero-order chi connectivity index (χ0) is 14.1. The van der Waals surface area contributed by atoms with Crippen LogP contribution in [0.25, 0.3) is 21.5 Å². The highest BCUT2D eigenvalue weighted by atomic mass is 32.1. The number of aromatic nitrogens is 1. The predicted octanol–water partition coefficient (Wildman–Crippen LogP) is 2.15. The standard InChI is InChI=1S/C14H12N4OS/c15-11-9-6-7-10(8-4-2-1-3-5-8)17-14(9)20-12(11)13(19)18-16/h1-7H,15-16H2,(H,18,19). The summed E-state index contributed by atoms with van der Waals surface area (Å²) in [5.41, 5.74) is 10.3. The Morgan fingerprint density at radius 3 is 2.60 bits per heavy atom. The molecule has 0 aliphatic heterocycles. The Labute approximate surface area is 119 Å². The second-order valence-electron chi connectivity index (χ2n) is 4.23. The van der Waals surface area contributed by atoms with Crippen LogP contribution in [0.2, 0.25) is 0 Å². The first-order chi connectivity index (χ1) is 9.70. The van der Waals surface area contributed by atoms with Crippen LogP contribution in [0.3, 0.4) is 0 Å². The van der Waals surface area contributed by atoms with Gasteiger partial charge in [0.25, 0.3) is 5.91 Å². The van der Waals surface area contributed by atoms with Crippen LogP contribution in [0.1, 0.15) is 9.67 Å². The molecule has 0 aliphatic carbocycles. The van der Waals surface area contributed by atoms with Crippen LogP contribution in [0.15, 0.2) is 42.5 Å². The lowest BCUT2D eigenvalue weighted by atomic mass is 10.1. The molecule has 5 N–H and O–H groups in total. The van der Waals surface area contributed by atoms with Gasteiger partial charge < -0.3 is 5.73 Å². The smallest absolute Gasteiger partial charge is 0.277 e. The van der Waals surface area contributed by atoms with Crippen LogP contribution < -0.4 is 17.0 Å². The summed E-state index contributed by atoms with van der Waals surface area (Å²) >= 11 is 1.24. The number of nitrogens with zero attached hydrogens (tertiary/aromatic N) is 1. The van der Waals surface area contributed by atoms with Crippen molar-refractivity contribution < 1.29 is 4.79 Å². The van der Waals surface area contributed by atoms with E-state index < -0.39 is 5.91 Å². The average molecular weight is 284 g/mol. The molecule has 3 aromatic rings. The van der Waals surface area contributed by atoms with Gasteiger partial charge in [-0.2, -0.15) is 0 Å². The number of amides is 1. The third-order valence-corrected chi connectivity index (χ3v) is 4.11. The van der Waals surface area contributed by atoms with E-state index in [0.717, 1.165) is 21.5 Å². The van der Waals surface area contributed by atoms with Gasteiger partial charge in [0.15, 0.2) is 0 Å². The Bertz CT molecular complexity index is 782. The first-order valence-electron chi connectivity index (χ1n) is 5.96. The maximum absolute atomic E-state index is 11.6. The van der Waals surface area contributed by atoms with E-state index in [9.17, 15) is 4.79 Å². The van der Waals surface area contributed by atoms with Crippen molar-refractivity contribution >= 4 is 33.1 Å². The second-order valence-corrected chi connectivity index (χ2v) is 5.23. The number of pyridine rings is 1. The van der Waals surface area contributed by atoms with Gasteiger partial charge in [-0.3, -0.25) is 10.2 Å². The molecule has 6 heteroatoms. The maximum atomic E-state index is 11.6. The summed E-state index contributed by atoms with van der Waals surface area (Å²) in [7, 11) is 0. The van der Waals surface area contributed by atoms with Crippen LogP contribution in [-0.4, -0.2) is 10.9 Å². The number of anilines is 1. The molecule has 0 spiro atoms. The molecule has 1 amide bonds. The van der Waals surface area contributed by atoms with E-state index in [1.165, 1.54) is 11.3 Å². The quantitative estimate of drug-likeness (QED) is 0.382. The summed E-state index contributed by atoms with van der Waals surface area (Å²) in [5, 5.41) is 0.772. The molecule has 5 nitrogen and oxygen atoms in total. The minimum atomic E-state index is -0.397. The molecule has 100 valence electrons. The molecule has 0 atom stereocenters. The Kier molecular flexibility index (Phi) is 3.09. The van der Waals surface area contributed by atoms with E-state index >= 15 is 0 Å². The number of hydrogen-bond donors (Lipinski definition) is 3. The molecule has 2 heterocycles. The van der Waals surface area contributed by atoms with Crippen molar-refractivity contribution in [2.45, 2.75) is 0 Å². The molecule has 0 bridgehead atoms. The van der Waals surface area contributed by atoms with Gasteiger partial charge in [0, 0.05) is 10.9 Å². The number of carbonyl (C=O) groups is 1. The SMILES string of the molecule is NNC(=O)c1sc2nc(-c3ccccc3)ccc2c1N. The normalized spacial score (nSPS) is 10.7. The number of carbonyl (C=O) groups excluding carboxylic acids is 1. The molecule has 0 fully saturated rings. The van der Waals surface area contributed by atoms with Gasteiger partial charge in [-0.05, 0) is 12.1 Å². The number of thiophene rings is 1. The topological polar surface area (TPSA) is 94.0 Å². The Balaban J connectivity index is 2.15. The van der Waals surface area contributed by atoms with Gasteiger partial charge in [0.2, 0.25) is 0 Å². The van der Waals surface area contributed by atoms with Gasteiger partial charge in [-0.25, -0.2) is 10.8 Å². The summed E-state index contributed by atoms with van der Waals surface area (Å²) in [6, 6.07) is 13.6. The number of nitrogens with one attached hydrogen (secondary N) is 1. The van der Waals surface area contributed by atoms with Crippen LogP contribution in [0.5, 0.6) is 0 Å². The molecule has 0 aliphatic rings. The van der Waals surface area contributed by atoms with Crippen LogP contribution >= 0.6 is 11.3 Å². The number of benzene rings is 1. The number of hydrogen-bond acceptors (Lipinski definition) is 5. The first-order valence-corrected chi connectivity index (χ1v) is 6.77. The number of nitrogens with two attached hydrogens (primary N) is 2.